The molecule has 0 aliphatic carbocycles. The van der Waals surface area contributed by atoms with Gasteiger partial charge in [-0.2, -0.15) is 5.10 Å². The van der Waals surface area contributed by atoms with E-state index in [-0.39, 0.29) is 12.1 Å². The van der Waals surface area contributed by atoms with Crippen molar-refractivity contribution in [1.82, 2.24) is 14.8 Å². The normalized spacial score (nSPS) is 11.0. The lowest BCUT2D eigenvalue weighted by Crippen LogP contribution is -2.29. The van der Waals surface area contributed by atoms with Gasteiger partial charge in [0, 0.05) is 22.0 Å². The van der Waals surface area contributed by atoms with Crippen molar-refractivity contribution in [2.24, 2.45) is 0 Å². The Kier molecular flexibility index (Phi) is 5.05. The molecular weight excluding hydrogens is 384 g/mol. The number of anilines is 1. The summed E-state index contributed by atoms with van der Waals surface area (Å²) in [5.41, 5.74) is 2.88. The molecule has 0 spiro atoms. The third-order valence-corrected chi connectivity index (χ3v) is 4.74. The zero-order valence-corrected chi connectivity index (χ0v) is 16.6. The number of benzene rings is 2. The lowest BCUT2D eigenvalue weighted by Gasteiger charge is -2.07. The first kappa shape index (κ1) is 19.4. The fourth-order valence-electron chi connectivity index (χ4n) is 3.29. The van der Waals surface area contributed by atoms with Crippen LogP contribution in [0.5, 0.6) is 0 Å². The lowest BCUT2D eigenvalue weighted by atomic mass is 10.1. The molecule has 0 saturated carbocycles. The average Bonchev–Trinajstić information content (AvgIpc) is 3.09. The number of fused-ring (bicyclic) bond motifs is 3. The number of amides is 1. The molecule has 1 amide bonds. The molecule has 2 aromatic carbocycles. The highest BCUT2D eigenvalue weighted by Gasteiger charge is 2.13. The highest BCUT2D eigenvalue weighted by molar-refractivity contribution is 6.06. The summed E-state index contributed by atoms with van der Waals surface area (Å²) >= 11 is 0. The quantitative estimate of drug-likeness (QED) is 0.498. The lowest BCUT2D eigenvalue weighted by molar-refractivity contribution is -0.117. The fraction of sp³-hybridized carbons (Fsp3) is 0.182. The van der Waals surface area contributed by atoms with E-state index in [1.165, 1.54) is 0 Å². The minimum absolute atomic E-state index is 0.233. The maximum absolute atomic E-state index is 12.8. The van der Waals surface area contributed by atoms with Crippen LogP contribution >= 0.6 is 0 Å². The number of nitrogens with zero attached hydrogens (tertiary/aromatic N) is 2. The SMILES string of the molecule is CCOC(=O)c1ccc(NC(=O)Cn2ncc3c([nH]c4ccc(C)cc43)c2=O)cc1. The molecular formula is C22H20N4O4. The van der Waals surface area contributed by atoms with Gasteiger partial charge in [-0.3, -0.25) is 9.59 Å². The van der Waals surface area contributed by atoms with Gasteiger partial charge in [-0.05, 0) is 50.2 Å². The van der Waals surface area contributed by atoms with Crippen LogP contribution in [-0.2, 0) is 16.1 Å². The molecule has 0 aliphatic rings. The fourth-order valence-corrected chi connectivity index (χ4v) is 3.29. The van der Waals surface area contributed by atoms with Crippen LogP contribution in [0.4, 0.5) is 5.69 Å². The van der Waals surface area contributed by atoms with Crippen LogP contribution in [0.1, 0.15) is 22.8 Å². The van der Waals surface area contributed by atoms with Gasteiger partial charge in [0.1, 0.15) is 12.1 Å². The smallest absolute Gasteiger partial charge is 0.338 e. The number of ether oxygens (including phenoxy) is 1. The minimum Gasteiger partial charge on any atom is -0.462 e. The number of rotatable bonds is 5. The largest absolute Gasteiger partial charge is 0.462 e. The van der Waals surface area contributed by atoms with E-state index in [1.807, 2.05) is 25.1 Å². The molecule has 4 aromatic rings. The molecule has 0 bridgehead atoms. The number of carbonyl (C=O) groups is 2. The summed E-state index contributed by atoms with van der Waals surface area (Å²) < 4.78 is 6.05. The van der Waals surface area contributed by atoms with Crippen molar-refractivity contribution in [3.05, 3.63) is 70.1 Å². The summed E-state index contributed by atoms with van der Waals surface area (Å²) in [6, 6.07) is 12.2. The van der Waals surface area contributed by atoms with Crippen molar-refractivity contribution < 1.29 is 14.3 Å². The van der Waals surface area contributed by atoms with E-state index >= 15 is 0 Å². The zero-order valence-electron chi connectivity index (χ0n) is 16.6. The van der Waals surface area contributed by atoms with Crippen LogP contribution in [0.3, 0.4) is 0 Å². The summed E-state index contributed by atoms with van der Waals surface area (Å²) in [6.45, 7) is 3.77. The van der Waals surface area contributed by atoms with Crippen LogP contribution in [0.25, 0.3) is 21.8 Å². The van der Waals surface area contributed by atoms with E-state index in [0.29, 0.717) is 23.4 Å². The van der Waals surface area contributed by atoms with Gasteiger partial charge in [-0.25, -0.2) is 9.48 Å². The van der Waals surface area contributed by atoms with E-state index in [1.54, 1.807) is 37.4 Å². The molecule has 0 radical (unpaired) electrons. The highest BCUT2D eigenvalue weighted by Crippen LogP contribution is 2.23. The first-order valence-corrected chi connectivity index (χ1v) is 9.51. The number of hydrogen-bond acceptors (Lipinski definition) is 5. The predicted octanol–water partition coefficient (Wildman–Crippen LogP) is 3.00. The zero-order chi connectivity index (χ0) is 21.3. The molecule has 2 N–H and O–H groups in total. The third-order valence-electron chi connectivity index (χ3n) is 4.74. The predicted molar refractivity (Wildman–Crippen MR) is 114 cm³/mol. The van der Waals surface area contributed by atoms with E-state index in [9.17, 15) is 14.4 Å². The summed E-state index contributed by atoms with van der Waals surface area (Å²) in [6.07, 6.45) is 1.59. The second-order valence-electron chi connectivity index (χ2n) is 6.92. The first-order chi connectivity index (χ1) is 14.5. The number of esters is 1. The molecule has 30 heavy (non-hydrogen) atoms. The number of nitrogens with one attached hydrogen (secondary N) is 2. The van der Waals surface area contributed by atoms with Crippen molar-refractivity contribution in [2.45, 2.75) is 20.4 Å². The Balaban J connectivity index is 1.53. The number of H-pyrrole nitrogens is 1. The van der Waals surface area contributed by atoms with Crippen molar-refractivity contribution in [3.63, 3.8) is 0 Å². The number of hydrogen-bond donors (Lipinski definition) is 2. The second-order valence-corrected chi connectivity index (χ2v) is 6.92. The van der Waals surface area contributed by atoms with Crippen molar-refractivity contribution >= 4 is 39.4 Å². The van der Waals surface area contributed by atoms with Crippen LogP contribution < -0.4 is 10.9 Å². The van der Waals surface area contributed by atoms with Crippen LogP contribution in [0, 0.1) is 6.92 Å². The van der Waals surface area contributed by atoms with Gasteiger partial charge in [0.05, 0.1) is 18.4 Å². The highest BCUT2D eigenvalue weighted by atomic mass is 16.5. The molecule has 0 atom stereocenters. The Bertz CT molecular complexity index is 1320. The Morgan fingerprint density at radius 3 is 2.63 bits per heavy atom. The van der Waals surface area contributed by atoms with E-state index in [4.69, 9.17) is 4.74 Å². The topological polar surface area (TPSA) is 106 Å². The molecule has 0 saturated heterocycles. The van der Waals surface area contributed by atoms with Crippen LogP contribution in [0.15, 0.2) is 53.5 Å². The number of carbonyl (C=O) groups excluding carboxylic acids is 2. The maximum Gasteiger partial charge on any atom is 0.338 e. The maximum atomic E-state index is 12.8. The van der Waals surface area contributed by atoms with Gasteiger partial charge in [0.2, 0.25) is 5.91 Å². The van der Waals surface area contributed by atoms with Gasteiger partial charge in [0.15, 0.2) is 0 Å². The minimum atomic E-state index is -0.423. The molecule has 0 fully saturated rings. The molecule has 4 rings (SSSR count). The number of aryl methyl sites for hydroxylation is 1. The first-order valence-electron chi connectivity index (χ1n) is 9.51. The Morgan fingerprint density at radius 2 is 1.90 bits per heavy atom. The molecule has 0 unspecified atom stereocenters. The van der Waals surface area contributed by atoms with Gasteiger partial charge < -0.3 is 15.0 Å². The van der Waals surface area contributed by atoms with Crippen molar-refractivity contribution in [1.29, 1.82) is 0 Å². The second kappa shape index (κ2) is 7.82. The summed E-state index contributed by atoms with van der Waals surface area (Å²) in [7, 11) is 0. The van der Waals surface area contributed by atoms with Gasteiger partial charge in [-0.1, -0.05) is 11.6 Å². The Labute approximate surface area is 171 Å². The van der Waals surface area contributed by atoms with Crippen LogP contribution in [0.2, 0.25) is 0 Å². The molecule has 0 aliphatic heterocycles. The molecule has 152 valence electrons. The number of aromatic nitrogens is 3. The van der Waals surface area contributed by atoms with Crippen molar-refractivity contribution in [3.8, 4) is 0 Å². The Morgan fingerprint density at radius 1 is 1.13 bits per heavy atom. The molecule has 8 heteroatoms. The summed E-state index contributed by atoms with van der Waals surface area (Å²) in [5.74, 6) is -0.826. The van der Waals surface area contributed by atoms with E-state index in [0.717, 1.165) is 26.5 Å². The Hall–Kier alpha value is -3.94. The van der Waals surface area contributed by atoms with Crippen LogP contribution in [-0.4, -0.2) is 33.2 Å². The standard InChI is InChI=1S/C22H20N4O4/c1-3-30-22(29)14-5-7-15(8-6-14)24-19(27)12-26-21(28)20-17(11-23-26)16-10-13(2)4-9-18(16)25-20/h4-11,25H,3,12H2,1-2H3,(H,24,27). The van der Waals surface area contributed by atoms with Crippen molar-refractivity contribution in [2.75, 3.05) is 11.9 Å². The molecule has 8 nitrogen and oxygen atoms in total. The molecule has 2 aromatic heterocycles. The van der Waals surface area contributed by atoms with Gasteiger partial charge >= 0.3 is 5.97 Å². The summed E-state index contributed by atoms with van der Waals surface area (Å²) in [5, 5.41) is 8.51. The monoisotopic (exact) mass is 404 g/mol. The summed E-state index contributed by atoms with van der Waals surface area (Å²) in [4.78, 5) is 40.0. The number of aromatic amines is 1. The third kappa shape index (κ3) is 3.67. The van der Waals surface area contributed by atoms with Gasteiger partial charge in [-0.15, -0.1) is 0 Å². The molecule has 2 heterocycles. The van der Waals surface area contributed by atoms with E-state index in [2.05, 4.69) is 15.4 Å². The van der Waals surface area contributed by atoms with E-state index < -0.39 is 11.9 Å². The van der Waals surface area contributed by atoms with Gasteiger partial charge in [0.25, 0.3) is 5.56 Å². The average molecular weight is 404 g/mol.